The predicted molar refractivity (Wildman–Crippen MR) is 76.7 cm³/mol. The lowest BCUT2D eigenvalue weighted by Gasteiger charge is -2.44. The first-order chi connectivity index (χ1) is 9.37. The number of alkyl carbamates (subject to hydrolysis) is 1. The van der Waals surface area contributed by atoms with Crippen molar-refractivity contribution < 1.29 is 23.9 Å². The molecule has 0 heterocycles. The Hall–Kier alpha value is -1.59. The first kappa shape index (κ1) is 17.5. The number of esters is 1. The van der Waals surface area contributed by atoms with E-state index < -0.39 is 28.8 Å². The molecule has 1 rings (SSSR count). The number of hydrogen-bond donors (Lipinski definition) is 1. The zero-order valence-corrected chi connectivity index (χ0v) is 13.6. The third-order valence-electron chi connectivity index (χ3n) is 2.94. The van der Waals surface area contributed by atoms with Gasteiger partial charge < -0.3 is 19.6 Å². The van der Waals surface area contributed by atoms with Crippen LogP contribution >= 0.6 is 0 Å². The Kier molecular flexibility index (Phi) is 4.70. The smallest absolute Gasteiger partial charge is 0.408 e. The van der Waals surface area contributed by atoms with Crippen LogP contribution in [0.15, 0.2) is 0 Å². The average molecular weight is 299 g/mol. The fourth-order valence-electron chi connectivity index (χ4n) is 2.13. The molecule has 1 fully saturated rings. The summed E-state index contributed by atoms with van der Waals surface area (Å²) >= 11 is 0. The van der Waals surface area contributed by atoms with Gasteiger partial charge in [-0.2, -0.15) is 0 Å². The van der Waals surface area contributed by atoms with Crippen LogP contribution in [-0.4, -0.2) is 35.1 Å². The normalized spacial score (nSPS) is 25.5. The van der Waals surface area contributed by atoms with Crippen LogP contribution in [0.25, 0.3) is 0 Å². The highest BCUT2D eigenvalue weighted by molar-refractivity contribution is 5.88. The molecule has 6 nitrogen and oxygen atoms in total. The lowest BCUT2D eigenvalue weighted by molar-refractivity contribution is -0.169. The third kappa shape index (κ3) is 5.02. The van der Waals surface area contributed by atoms with Crippen molar-refractivity contribution in [1.29, 1.82) is 0 Å². The van der Waals surface area contributed by atoms with Crippen molar-refractivity contribution in [1.82, 2.24) is 5.32 Å². The van der Waals surface area contributed by atoms with Crippen molar-refractivity contribution in [3.63, 3.8) is 0 Å². The topological polar surface area (TPSA) is 81.7 Å². The van der Waals surface area contributed by atoms with Gasteiger partial charge in [-0.05, 0) is 54.4 Å². The molecular weight excluding hydrogens is 274 g/mol. The molecule has 6 heteroatoms. The summed E-state index contributed by atoms with van der Waals surface area (Å²) in [6, 6.07) is 0. The van der Waals surface area contributed by atoms with Crippen molar-refractivity contribution in [2.24, 2.45) is 5.92 Å². The van der Waals surface area contributed by atoms with E-state index in [1.54, 1.807) is 41.5 Å². The summed E-state index contributed by atoms with van der Waals surface area (Å²) in [6.45, 7) is 10.5. The van der Waals surface area contributed by atoms with Crippen molar-refractivity contribution in [3.05, 3.63) is 0 Å². The quantitative estimate of drug-likeness (QED) is 0.638. The van der Waals surface area contributed by atoms with E-state index in [4.69, 9.17) is 9.47 Å². The first-order valence-corrected chi connectivity index (χ1v) is 7.07. The van der Waals surface area contributed by atoms with Gasteiger partial charge in [-0.3, -0.25) is 0 Å². The van der Waals surface area contributed by atoms with Crippen LogP contribution < -0.4 is 5.32 Å². The molecule has 0 aliphatic heterocycles. The van der Waals surface area contributed by atoms with Gasteiger partial charge in [0.15, 0.2) is 0 Å². The van der Waals surface area contributed by atoms with E-state index >= 15 is 0 Å². The molecule has 1 amide bonds. The molecule has 0 aromatic rings. The predicted octanol–water partition coefficient (Wildman–Crippen LogP) is 2.20. The zero-order chi connectivity index (χ0) is 16.5. The van der Waals surface area contributed by atoms with E-state index in [-0.39, 0.29) is 18.8 Å². The van der Waals surface area contributed by atoms with E-state index in [1.807, 2.05) is 0 Å². The van der Waals surface area contributed by atoms with Crippen molar-refractivity contribution in [3.8, 4) is 0 Å². The van der Waals surface area contributed by atoms with Gasteiger partial charge in [-0.1, -0.05) is 0 Å². The fourth-order valence-corrected chi connectivity index (χ4v) is 2.13. The summed E-state index contributed by atoms with van der Waals surface area (Å²) in [6.07, 6.45) is 0.590. The second-order valence-electron chi connectivity index (χ2n) is 7.52. The summed E-state index contributed by atoms with van der Waals surface area (Å²) in [7, 11) is 0. The van der Waals surface area contributed by atoms with Crippen molar-refractivity contribution >= 4 is 18.3 Å². The highest BCUT2D eigenvalue weighted by Crippen LogP contribution is 2.38. The Morgan fingerprint density at radius 2 is 1.52 bits per heavy atom. The second-order valence-corrected chi connectivity index (χ2v) is 7.52. The highest BCUT2D eigenvalue weighted by atomic mass is 16.6. The molecule has 0 saturated heterocycles. The number of hydrogen-bond acceptors (Lipinski definition) is 5. The number of carbonyl (C=O) groups is 3. The number of nitrogens with one attached hydrogen (secondary N) is 1. The molecule has 1 N–H and O–H groups in total. The van der Waals surface area contributed by atoms with Gasteiger partial charge in [-0.25, -0.2) is 9.59 Å². The Labute approximate surface area is 125 Å². The van der Waals surface area contributed by atoms with Crippen molar-refractivity contribution in [2.75, 3.05) is 0 Å². The summed E-state index contributed by atoms with van der Waals surface area (Å²) in [4.78, 5) is 35.0. The minimum absolute atomic E-state index is 0.241. The van der Waals surface area contributed by atoms with E-state index in [9.17, 15) is 14.4 Å². The molecule has 120 valence electrons. The van der Waals surface area contributed by atoms with Gasteiger partial charge >= 0.3 is 12.1 Å². The van der Waals surface area contributed by atoms with Gasteiger partial charge in [0.05, 0.1) is 0 Å². The Morgan fingerprint density at radius 3 is 1.90 bits per heavy atom. The molecule has 0 aromatic carbocycles. The zero-order valence-electron chi connectivity index (χ0n) is 13.6. The molecule has 0 spiro atoms. The average Bonchev–Trinajstić information content (AvgIpc) is 2.17. The van der Waals surface area contributed by atoms with Gasteiger partial charge in [0.1, 0.15) is 23.0 Å². The molecule has 1 aliphatic rings. The number of carbonyl (C=O) groups excluding carboxylic acids is 3. The molecule has 1 saturated carbocycles. The molecule has 21 heavy (non-hydrogen) atoms. The number of rotatable bonds is 3. The largest absolute Gasteiger partial charge is 0.458 e. The molecule has 0 radical (unpaired) electrons. The summed E-state index contributed by atoms with van der Waals surface area (Å²) in [5.74, 6) is -0.772. The maximum atomic E-state index is 12.3. The van der Waals surface area contributed by atoms with E-state index in [1.165, 1.54) is 0 Å². The Bertz CT molecular complexity index is 424. The van der Waals surface area contributed by atoms with Crippen molar-refractivity contribution in [2.45, 2.75) is 71.1 Å². The molecule has 0 aromatic heterocycles. The minimum Gasteiger partial charge on any atom is -0.458 e. The van der Waals surface area contributed by atoms with Crippen LogP contribution in [0.1, 0.15) is 54.4 Å². The van der Waals surface area contributed by atoms with Gasteiger partial charge in [-0.15, -0.1) is 0 Å². The van der Waals surface area contributed by atoms with E-state index in [0.717, 1.165) is 6.29 Å². The summed E-state index contributed by atoms with van der Waals surface area (Å²) in [5, 5.41) is 2.58. The Balaban J connectivity index is 2.79. The maximum Gasteiger partial charge on any atom is 0.408 e. The molecular formula is C15H25NO5. The first-order valence-electron chi connectivity index (χ1n) is 7.07. The van der Waals surface area contributed by atoms with Gasteiger partial charge in [0.25, 0.3) is 0 Å². The highest BCUT2D eigenvalue weighted by Gasteiger charge is 2.54. The molecule has 1 aliphatic carbocycles. The number of amides is 1. The molecule has 0 bridgehead atoms. The molecule has 0 atom stereocenters. The van der Waals surface area contributed by atoms with E-state index in [0.29, 0.717) is 0 Å². The standard InChI is InChI=1S/C15H25NO5/c1-13(2,3)20-11(18)15(7-10(8-15)9-17)16-12(19)21-14(4,5)6/h9-10H,7-8H2,1-6H3,(H,16,19). The van der Waals surface area contributed by atoms with Crippen LogP contribution in [0, 0.1) is 5.92 Å². The summed E-state index contributed by atoms with van der Waals surface area (Å²) < 4.78 is 10.5. The van der Waals surface area contributed by atoms with Crippen LogP contribution in [0.3, 0.4) is 0 Å². The fraction of sp³-hybridized carbons (Fsp3) is 0.800. The van der Waals surface area contributed by atoms with Crippen LogP contribution in [0.2, 0.25) is 0 Å². The van der Waals surface area contributed by atoms with Crippen LogP contribution in [-0.2, 0) is 19.1 Å². The SMILES string of the molecule is CC(C)(C)OC(=O)NC1(C(=O)OC(C)(C)C)CC(C=O)C1. The summed E-state index contributed by atoms with van der Waals surface area (Å²) in [5.41, 5.74) is -2.49. The number of ether oxygens (including phenoxy) is 2. The second kappa shape index (κ2) is 5.66. The van der Waals surface area contributed by atoms with Crippen LogP contribution in [0.4, 0.5) is 4.79 Å². The van der Waals surface area contributed by atoms with E-state index in [2.05, 4.69) is 5.32 Å². The molecule has 0 unspecified atom stereocenters. The maximum absolute atomic E-state index is 12.3. The third-order valence-corrected chi connectivity index (χ3v) is 2.94. The minimum atomic E-state index is -1.17. The monoisotopic (exact) mass is 299 g/mol. The Morgan fingerprint density at radius 1 is 1.05 bits per heavy atom. The number of aldehydes is 1. The van der Waals surface area contributed by atoms with Gasteiger partial charge in [0, 0.05) is 5.92 Å². The van der Waals surface area contributed by atoms with Crippen LogP contribution in [0.5, 0.6) is 0 Å². The van der Waals surface area contributed by atoms with Gasteiger partial charge in [0.2, 0.25) is 0 Å². The lowest BCUT2D eigenvalue weighted by Crippen LogP contribution is -2.64. The lowest BCUT2D eigenvalue weighted by atomic mass is 9.69.